The molecule has 0 saturated carbocycles. The minimum atomic E-state index is -0.188. The Hall–Kier alpha value is -3.41. The summed E-state index contributed by atoms with van der Waals surface area (Å²) < 4.78 is 1.95. The van der Waals surface area contributed by atoms with Crippen molar-refractivity contribution in [3.8, 4) is 0 Å². The van der Waals surface area contributed by atoms with Gasteiger partial charge in [0.25, 0.3) is 5.91 Å². The van der Waals surface area contributed by atoms with Crippen LogP contribution in [0.2, 0.25) is 0 Å². The average molecular weight is 418 g/mol. The molecule has 0 atom stereocenters. The Labute approximate surface area is 184 Å². The van der Waals surface area contributed by atoms with Crippen molar-refractivity contribution < 1.29 is 4.79 Å². The predicted octanol–water partition coefficient (Wildman–Crippen LogP) is 4.92. The predicted molar refractivity (Wildman–Crippen MR) is 127 cm³/mol. The second-order valence-corrected chi connectivity index (χ2v) is 7.94. The molecule has 0 radical (unpaired) electrons. The summed E-state index contributed by atoms with van der Waals surface area (Å²) >= 11 is 0. The van der Waals surface area contributed by atoms with E-state index in [0.717, 1.165) is 46.6 Å². The van der Waals surface area contributed by atoms with Gasteiger partial charge in [0.2, 0.25) is 5.96 Å². The summed E-state index contributed by atoms with van der Waals surface area (Å²) in [6.45, 7) is 11.4. The molecule has 0 unspecified atom stereocenters. The highest BCUT2D eigenvalue weighted by molar-refractivity contribution is 6.10. The van der Waals surface area contributed by atoms with Crippen LogP contribution < -0.4 is 10.6 Å². The van der Waals surface area contributed by atoms with E-state index < -0.39 is 0 Å². The van der Waals surface area contributed by atoms with Crippen LogP contribution in [-0.2, 0) is 13.1 Å². The summed E-state index contributed by atoms with van der Waals surface area (Å²) in [5, 5.41) is 10.8. The fourth-order valence-corrected chi connectivity index (χ4v) is 3.52. The maximum Gasteiger partial charge on any atom is 0.258 e. The van der Waals surface area contributed by atoms with Gasteiger partial charge in [-0.25, -0.2) is 4.99 Å². The number of aromatic nitrogens is 2. The Morgan fingerprint density at radius 2 is 1.77 bits per heavy atom. The first-order chi connectivity index (χ1) is 14.9. The van der Waals surface area contributed by atoms with Gasteiger partial charge in [0.05, 0.1) is 12.2 Å². The molecule has 1 amide bonds. The minimum Gasteiger partial charge on any atom is -0.326 e. The van der Waals surface area contributed by atoms with Gasteiger partial charge in [-0.15, -0.1) is 0 Å². The Bertz CT molecular complexity index is 1080. The van der Waals surface area contributed by atoms with Crippen molar-refractivity contribution in [1.29, 1.82) is 0 Å². The number of benzene rings is 2. The second kappa shape index (κ2) is 10.1. The van der Waals surface area contributed by atoms with Crippen molar-refractivity contribution >= 4 is 17.6 Å². The molecular weight excluding hydrogens is 386 g/mol. The Balaban J connectivity index is 1.86. The molecule has 3 rings (SSSR count). The monoisotopic (exact) mass is 417 g/mol. The molecule has 0 bridgehead atoms. The number of amides is 1. The lowest BCUT2D eigenvalue weighted by Crippen LogP contribution is -2.36. The topological polar surface area (TPSA) is 71.3 Å². The highest BCUT2D eigenvalue weighted by Crippen LogP contribution is 2.15. The zero-order valence-corrected chi connectivity index (χ0v) is 19.0. The van der Waals surface area contributed by atoms with E-state index in [9.17, 15) is 4.79 Å². The van der Waals surface area contributed by atoms with Gasteiger partial charge in [-0.2, -0.15) is 5.10 Å². The highest BCUT2D eigenvalue weighted by Gasteiger charge is 2.12. The molecule has 0 aliphatic rings. The van der Waals surface area contributed by atoms with E-state index in [0.29, 0.717) is 18.1 Å². The number of hydrogen-bond acceptors (Lipinski definition) is 3. The molecule has 0 saturated heterocycles. The van der Waals surface area contributed by atoms with Crippen LogP contribution in [0.25, 0.3) is 0 Å². The van der Waals surface area contributed by atoms with Crippen molar-refractivity contribution in [2.24, 2.45) is 4.99 Å². The van der Waals surface area contributed by atoms with E-state index in [1.165, 1.54) is 0 Å². The number of hydrogen-bond donors (Lipinski definition) is 2. The van der Waals surface area contributed by atoms with E-state index >= 15 is 0 Å². The smallest absolute Gasteiger partial charge is 0.258 e. The van der Waals surface area contributed by atoms with Crippen molar-refractivity contribution in [3.63, 3.8) is 0 Å². The van der Waals surface area contributed by atoms with Gasteiger partial charge in [-0.3, -0.25) is 14.8 Å². The fraction of sp³-hybridized carbons (Fsp3) is 0.320. The molecule has 2 N–H and O–H groups in total. The minimum absolute atomic E-state index is 0.188. The lowest BCUT2D eigenvalue weighted by atomic mass is 10.1. The molecule has 1 aromatic heterocycles. The van der Waals surface area contributed by atoms with Crippen molar-refractivity contribution in [3.05, 3.63) is 82.2 Å². The first-order valence-electron chi connectivity index (χ1n) is 10.7. The summed E-state index contributed by atoms with van der Waals surface area (Å²) in [7, 11) is 0. The number of aliphatic imine (C=N–C) groups is 1. The fourth-order valence-electron chi connectivity index (χ4n) is 3.52. The summed E-state index contributed by atoms with van der Waals surface area (Å²) in [5.41, 5.74) is 6.71. The quantitative estimate of drug-likeness (QED) is 0.441. The van der Waals surface area contributed by atoms with E-state index in [1.807, 2.05) is 75.0 Å². The second-order valence-electron chi connectivity index (χ2n) is 7.94. The third kappa shape index (κ3) is 6.04. The molecule has 1 heterocycles. The van der Waals surface area contributed by atoms with Crippen molar-refractivity contribution in [2.45, 2.75) is 54.1 Å². The Morgan fingerprint density at radius 1 is 1.06 bits per heavy atom. The highest BCUT2D eigenvalue weighted by atomic mass is 16.1. The number of rotatable bonds is 6. The maximum absolute atomic E-state index is 12.9. The van der Waals surface area contributed by atoms with Crippen LogP contribution in [0.15, 0.2) is 53.7 Å². The number of aryl methyl sites for hydroxylation is 5. The van der Waals surface area contributed by atoms with Gasteiger partial charge >= 0.3 is 0 Å². The van der Waals surface area contributed by atoms with Gasteiger partial charge in [0, 0.05) is 29.6 Å². The van der Waals surface area contributed by atoms with Crippen LogP contribution in [-0.4, -0.2) is 21.6 Å². The standard InChI is InChI=1S/C25H31N5O/c1-6-11-30-16-21(20(5)29-30)15-26-25(27-22-13-17(2)12-18(3)14-22)28-24(31)23-10-8-7-9-19(23)4/h7-10,12-14,16H,6,11,15H2,1-5H3,(H2,26,27,28,31). The zero-order valence-electron chi connectivity index (χ0n) is 19.0. The molecule has 0 fully saturated rings. The van der Waals surface area contributed by atoms with Gasteiger partial charge < -0.3 is 5.32 Å². The molecule has 2 aromatic carbocycles. The molecule has 3 aromatic rings. The van der Waals surface area contributed by atoms with E-state index in [2.05, 4.69) is 28.7 Å². The number of guanidine groups is 1. The van der Waals surface area contributed by atoms with Gasteiger partial charge in [-0.1, -0.05) is 31.2 Å². The summed E-state index contributed by atoms with van der Waals surface area (Å²) in [5.74, 6) is 0.230. The third-order valence-corrected chi connectivity index (χ3v) is 5.01. The molecule has 0 aliphatic heterocycles. The van der Waals surface area contributed by atoms with Crippen LogP contribution in [0, 0.1) is 27.7 Å². The molecule has 0 spiro atoms. The SMILES string of the molecule is CCCn1cc(CN=C(NC(=O)c2ccccc2C)Nc2cc(C)cc(C)c2)c(C)n1. The lowest BCUT2D eigenvalue weighted by Gasteiger charge is -2.14. The normalized spacial score (nSPS) is 11.5. The zero-order chi connectivity index (χ0) is 22.4. The Kier molecular flexibility index (Phi) is 7.23. The lowest BCUT2D eigenvalue weighted by molar-refractivity contribution is 0.0976. The Morgan fingerprint density at radius 3 is 2.45 bits per heavy atom. The number of carbonyl (C=O) groups is 1. The maximum atomic E-state index is 12.9. The first kappa shape index (κ1) is 22.3. The van der Waals surface area contributed by atoms with Crippen LogP contribution in [0.1, 0.15) is 51.7 Å². The van der Waals surface area contributed by atoms with Gasteiger partial charge in [0.1, 0.15) is 0 Å². The number of anilines is 1. The largest absolute Gasteiger partial charge is 0.326 e. The number of nitrogens with one attached hydrogen (secondary N) is 2. The summed E-state index contributed by atoms with van der Waals surface area (Å²) in [6.07, 6.45) is 3.05. The van der Waals surface area contributed by atoms with Crippen LogP contribution in [0.5, 0.6) is 0 Å². The molecule has 31 heavy (non-hydrogen) atoms. The summed E-state index contributed by atoms with van der Waals surface area (Å²) in [6, 6.07) is 13.7. The van der Waals surface area contributed by atoms with Crippen LogP contribution in [0.4, 0.5) is 5.69 Å². The third-order valence-electron chi connectivity index (χ3n) is 5.01. The number of carbonyl (C=O) groups excluding carboxylic acids is 1. The molecule has 0 aliphatic carbocycles. The van der Waals surface area contributed by atoms with E-state index in [-0.39, 0.29) is 5.91 Å². The molecular formula is C25H31N5O. The first-order valence-corrected chi connectivity index (χ1v) is 10.7. The van der Waals surface area contributed by atoms with E-state index in [1.54, 1.807) is 0 Å². The van der Waals surface area contributed by atoms with Crippen LogP contribution >= 0.6 is 0 Å². The van der Waals surface area contributed by atoms with Crippen molar-refractivity contribution in [2.75, 3.05) is 5.32 Å². The summed E-state index contributed by atoms with van der Waals surface area (Å²) in [4.78, 5) is 17.6. The van der Waals surface area contributed by atoms with Gasteiger partial charge in [0.15, 0.2) is 0 Å². The van der Waals surface area contributed by atoms with E-state index in [4.69, 9.17) is 4.99 Å². The molecule has 162 valence electrons. The molecule has 6 nitrogen and oxygen atoms in total. The number of nitrogens with zero attached hydrogens (tertiary/aromatic N) is 3. The average Bonchev–Trinajstić information content (AvgIpc) is 3.05. The molecule has 6 heteroatoms. The van der Waals surface area contributed by atoms with Gasteiger partial charge in [-0.05, 0) is 69.0 Å². The van der Waals surface area contributed by atoms with Crippen molar-refractivity contribution in [1.82, 2.24) is 15.1 Å². The van der Waals surface area contributed by atoms with Crippen LogP contribution in [0.3, 0.4) is 0 Å².